The third-order valence-electron chi connectivity index (χ3n) is 7.66. The van der Waals surface area contributed by atoms with Crippen molar-refractivity contribution in [3.05, 3.63) is 88.8 Å². The minimum Gasteiger partial charge on any atom is -0.507 e. The van der Waals surface area contributed by atoms with Gasteiger partial charge in [0.05, 0.1) is 48.0 Å². The molecule has 204 valence electrons. The number of likely N-dealkylation sites (tertiary alicyclic amines) is 1. The van der Waals surface area contributed by atoms with Gasteiger partial charge in [0.15, 0.2) is 0 Å². The monoisotopic (exact) mass is 528 g/mol. The van der Waals surface area contributed by atoms with Crippen molar-refractivity contribution in [2.24, 2.45) is 0 Å². The first-order chi connectivity index (χ1) is 18.7. The summed E-state index contributed by atoms with van der Waals surface area (Å²) in [6.07, 6.45) is 1.55. The Morgan fingerprint density at radius 2 is 1.67 bits per heavy atom. The molecule has 2 saturated heterocycles. The summed E-state index contributed by atoms with van der Waals surface area (Å²) in [5.74, 6) is -1.47. The number of nitrogens with zero attached hydrogens (tertiary/aromatic N) is 4. The summed E-state index contributed by atoms with van der Waals surface area (Å²) in [6, 6.07) is 16.9. The number of amides is 1. The van der Waals surface area contributed by atoms with E-state index in [2.05, 4.69) is 30.8 Å². The number of rotatable bonds is 6. The Balaban J connectivity index is 1.56. The summed E-state index contributed by atoms with van der Waals surface area (Å²) in [4.78, 5) is 30.8. The maximum Gasteiger partial charge on any atom is 0.295 e. The van der Waals surface area contributed by atoms with E-state index in [0.29, 0.717) is 37.6 Å². The SMILES string of the molecule is Cc1c(/C(O)=C2\C(=O)C(=O)N(CCN3CCOCC3)[C@H]2c2ccc(C(C)(C)C)cc2)cnn1-c1ccccc1. The van der Waals surface area contributed by atoms with E-state index in [-0.39, 0.29) is 16.7 Å². The molecule has 2 aromatic carbocycles. The van der Waals surface area contributed by atoms with E-state index < -0.39 is 17.7 Å². The maximum atomic E-state index is 13.5. The molecule has 1 N–H and O–H groups in total. The van der Waals surface area contributed by atoms with Gasteiger partial charge in [-0.05, 0) is 35.6 Å². The minimum absolute atomic E-state index is 0.0419. The number of carbonyl (C=O) groups is 2. The Kier molecular flexibility index (Phi) is 7.42. The van der Waals surface area contributed by atoms with Gasteiger partial charge >= 0.3 is 0 Å². The number of morpholine rings is 1. The molecule has 1 aromatic heterocycles. The highest BCUT2D eigenvalue weighted by Crippen LogP contribution is 2.40. The zero-order valence-electron chi connectivity index (χ0n) is 23.1. The van der Waals surface area contributed by atoms with Gasteiger partial charge in [-0.25, -0.2) is 4.68 Å². The highest BCUT2D eigenvalue weighted by molar-refractivity contribution is 6.46. The third kappa shape index (κ3) is 5.27. The molecular weight excluding hydrogens is 492 g/mol. The smallest absolute Gasteiger partial charge is 0.295 e. The van der Waals surface area contributed by atoms with Crippen LogP contribution in [0.1, 0.15) is 49.2 Å². The van der Waals surface area contributed by atoms with E-state index in [1.165, 1.54) is 0 Å². The standard InChI is InChI=1S/C31H36N4O4/c1-21-25(20-32-35(21)24-8-6-5-7-9-24)28(36)26-27(22-10-12-23(13-11-22)31(2,3)4)34(30(38)29(26)37)15-14-33-16-18-39-19-17-33/h5-13,20,27,36H,14-19H2,1-4H3/b28-26+/t27-/m0/s1. The van der Waals surface area contributed by atoms with Gasteiger partial charge in [0.1, 0.15) is 5.76 Å². The molecule has 8 nitrogen and oxygen atoms in total. The Labute approximate surface area is 229 Å². The molecule has 2 aliphatic rings. The number of aliphatic hydroxyl groups is 1. The lowest BCUT2D eigenvalue weighted by atomic mass is 9.85. The molecule has 1 atom stereocenters. The largest absolute Gasteiger partial charge is 0.507 e. The Morgan fingerprint density at radius 3 is 2.31 bits per heavy atom. The molecule has 5 rings (SSSR count). The van der Waals surface area contributed by atoms with Crippen molar-refractivity contribution in [3.63, 3.8) is 0 Å². The van der Waals surface area contributed by atoms with Crippen molar-refractivity contribution in [3.8, 4) is 5.69 Å². The van der Waals surface area contributed by atoms with Crippen molar-refractivity contribution in [1.29, 1.82) is 0 Å². The van der Waals surface area contributed by atoms with Crippen LogP contribution in [0.25, 0.3) is 11.4 Å². The lowest BCUT2D eigenvalue weighted by Gasteiger charge is -2.31. The number of ether oxygens (including phenoxy) is 1. The first-order valence-electron chi connectivity index (χ1n) is 13.5. The molecule has 0 spiro atoms. The molecule has 8 heteroatoms. The van der Waals surface area contributed by atoms with Gasteiger partial charge in [-0.2, -0.15) is 5.10 Å². The van der Waals surface area contributed by atoms with Crippen molar-refractivity contribution in [2.45, 2.75) is 39.2 Å². The van der Waals surface area contributed by atoms with Crippen LogP contribution in [0.15, 0.2) is 66.4 Å². The Bertz CT molecular complexity index is 1380. The predicted octanol–water partition coefficient (Wildman–Crippen LogP) is 4.23. The third-order valence-corrected chi connectivity index (χ3v) is 7.66. The number of benzene rings is 2. The molecule has 2 fully saturated rings. The van der Waals surface area contributed by atoms with Gasteiger partial charge in [-0.3, -0.25) is 14.5 Å². The molecule has 0 aliphatic carbocycles. The molecule has 39 heavy (non-hydrogen) atoms. The fourth-order valence-electron chi connectivity index (χ4n) is 5.31. The van der Waals surface area contributed by atoms with Gasteiger partial charge in [-0.15, -0.1) is 0 Å². The van der Waals surface area contributed by atoms with Gasteiger partial charge in [0, 0.05) is 26.2 Å². The number of hydrogen-bond acceptors (Lipinski definition) is 6. The van der Waals surface area contributed by atoms with E-state index in [1.807, 2.05) is 61.5 Å². The highest BCUT2D eigenvalue weighted by atomic mass is 16.5. The molecular formula is C31H36N4O4. The molecule has 0 bridgehead atoms. The number of carbonyl (C=O) groups excluding carboxylic acids is 2. The Hall–Kier alpha value is -3.75. The van der Waals surface area contributed by atoms with Crippen LogP contribution in [0.3, 0.4) is 0 Å². The Morgan fingerprint density at radius 1 is 1.00 bits per heavy atom. The molecule has 0 unspecified atom stereocenters. The van der Waals surface area contributed by atoms with E-state index in [1.54, 1.807) is 15.8 Å². The number of aliphatic hydroxyl groups excluding tert-OH is 1. The van der Waals surface area contributed by atoms with Crippen LogP contribution in [0, 0.1) is 6.92 Å². The predicted molar refractivity (Wildman–Crippen MR) is 150 cm³/mol. The van der Waals surface area contributed by atoms with Crippen LogP contribution in [0.5, 0.6) is 0 Å². The molecule has 3 heterocycles. The minimum atomic E-state index is -0.695. The fraction of sp³-hybridized carbons (Fsp3) is 0.387. The van der Waals surface area contributed by atoms with Gasteiger partial charge in [0.25, 0.3) is 11.7 Å². The van der Waals surface area contributed by atoms with Crippen molar-refractivity contribution >= 4 is 17.4 Å². The average Bonchev–Trinajstić information content (AvgIpc) is 3.44. The summed E-state index contributed by atoms with van der Waals surface area (Å²) >= 11 is 0. The van der Waals surface area contributed by atoms with Crippen molar-refractivity contribution in [2.75, 3.05) is 39.4 Å². The molecule has 2 aliphatic heterocycles. The van der Waals surface area contributed by atoms with E-state index in [4.69, 9.17) is 4.74 Å². The van der Waals surface area contributed by atoms with Crippen LogP contribution in [-0.2, 0) is 19.7 Å². The zero-order valence-corrected chi connectivity index (χ0v) is 23.1. The average molecular weight is 529 g/mol. The number of aromatic nitrogens is 2. The maximum absolute atomic E-state index is 13.5. The topological polar surface area (TPSA) is 87.9 Å². The van der Waals surface area contributed by atoms with E-state index in [0.717, 1.165) is 29.9 Å². The van der Waals surface area contributed by atoms with Gasteiger partial charge in [0.2, 0.25) is 0 Å². The lowest BCUT2D eigenvalue weighted by molar-refractivity contribution is -0.140. The second-order valence-electron chi connectivity index (χ2n) is 11.2. The first kappa shape index (κ1) is 26.8. The summed E-state index contributed by atoms with van der Waals surface area (Å²) in [5, 5.41) is 16.1. The number of ketones is 1. The molecule has 1 amide bonds. The van der Waals surface area contributed by atoms with E-state index in [9.17, 15) is 14.7 Å². The van der Waals surface area contributed by atoms with Gasteiger partial charge in [-0.1, -0.05) is 63.2 Å². The lowest BCUT2D eigenvalue weighted by Crippen LogP contribution is -2.42. The zero-order chi connectivity index (χ0) is 27.7. The first-order valence-corrected chi connectivity index (χ1v) is 13.5. The van der Waals surface area contributed by atoms with Crippen LogP contribution < -0.4 is 0 Å². The fourth-order valence-corrected chi connectivity index (χ4v) is 5.31. The van der Waals surface area contributed by atoms with Crippen LogP contribution in [0.4, 0.5) is 0 Å². The molecule has 0 saturated carbocycles. The summed E-state index contributed by atoms with van der Waals surface area (Å²) < 4.78 is 7.18. The number of hydrogen-bond donors (Lipinski definition) is 1. The number of Topliss-reactive ketones (excluding diaryl/α,β-unsaturated/α-hetero) is 1. The second-order valence-corrected chi connectivity index (χ2v) is 11.2. The summed E-state index contributed by atoms with van der Waals surface area (Å²) in [5.41, 5.74) is 3.95. The van der Waals surface area contributed by atoms with Gasteiger partial charge < -0.3 is 14.7 Å². The normalized spacial score (nSPS) is 20.1. The summed E-state index contributed by atoms with van der Waals surface area (Å²) in [6.45, 7) is 12.1. The highest BCUT2D eigenvalue weighted by Gasteiger charge is 2.46. The number of para-hydroxylation sites is 1. The second kappa shape index (κ2) is 10.8. The van der Waals surface area contributed by atoms with Crippen LogP contribution in [0.2, 0.25) is 0 Å². The van der Waals surface area contributed by atoms with Crippen LogP contribution >= 0.6 is 0 Å². The van der Waals surface area contributed by atoms with Crippen molar-refractivity contribution < 1.29 is 19.4 Å². The van der Waals surface area contributed by atoms with E-state index >= 15 is 0 Å². The quantitative estimate of drug-likeness (QED) is 0.293. The molecule has 0 radical (unpaired) electrons. The summed E-state index contributed by atoms with van der Waals surface area (Å²) in [7, 11) is 0. The molecule has 3 aromatic rings. The van der Waals surface area contributed by atoms with Crippen LogP contribution in [-0.4, -0.2) is 75.8 Å². The van der Waals surface area contributed by atoms with Crippen molar-refractivity contribution in [1.82, 2.24) is 19.6 Å².